The van der Waals surface area contributed by atoms with Crippen molar-refractivity contribution in [3.8, 4) is 21.9 Å². The number of methoxy groups -OCH3 is 1. The van der Waals surface area contributed by atoms with Crippen molar-refractivity contribution in [3.63, 3.8) is 0 Å². The van der Waals surface area contributed by atoms with Crippen molar-refractivity contribution < 1.29 is 19.4 Å². The molecule has 2 aliphatic rings. The van der Waals surface area contributed by atoms with E-state index < -0.39 is 5.97 Å². The molecule has 6 rings (SSSR count). The normalized spacial score (nSPS) is 17.3. The quantitative estimate of drug-likeness (QED) is 0.211. The third kappa shape index (κ3) is 5.24. The molecule has 2 aromatic heterocycles. The number of benzene rings is 2. The Morgan fingerprint density at radius 3 is 2.69 bits per heavy atom. The van der Waals surface area contributed by atoms with Crippen LogP contribution in [0.15, 0.2) is 59.3 Å². The highest BCUT2D eigenvalue weighted by atomic mass is 32.1. The summed E-state index contributed by atoms with van der Waals surface area (Å²) in [5, 5.41) is 15.1. The van der Waals surface area contributed by atoms with Crippen LogP contribution in [0.1, 0.15) is 68.6 Å². The Morgan fingerprint density at radius 1 is 1.13 bits per heavy atom. The summed E-state index contributed by atoms with van der Waals surface area (Å²) in [7, 11) is 1.73. The largest absolute Gasteiger partial charge is 0.497 e. The van der Waals surface area contributed by atoms with Gasteiger partial charge in [0.1, 0.15) is 18.1 Å². The molecule has 39 heavy (non-hydrogen) atoms. The number of carboxylic acids is 1. The van der Waals surface area contributed by atoms with Crippen LogP contribution in [0.4, 0.5) is 0 Å². The van der Waals surface area contributed by atoms with E-state index in [0.717, 1.165) is 42.7 Å². The predicted octanol–water partition coefficient (Wildman–Crippen LogP) is 9.39. The number of fused-ring (bicyclic) bond motifs is 1. The number of carbonyl (C=O) groups is 1. The van der Waals surface area contributed by atoms with Crippen molar-refractivity contribution in [2.75, 3.05) is 7.11 Å². The molecule has 1 fully saturated rings. The molecule has 2 heterocycles. The second-order valence-electron chi connectivity index (χ2n) is 11.4. The smallest absolute Gasteiger partial charge is 0.303 e. The van der Waals surface area contributed by atoms with Gasteiger partial charge >= 0.3 is 5.97 Å². The Kier molecular flexibility index (Phi) is 7.02. The summed E-state index contributed by atoms with van der Waals surface area (Å²) >= 11 is 3.52. The lowest BCUT2D eigenvalue weighted by atomic mass is 9.80. The molecule has 6 heteroatoms. The molecule has 202 valence electrons. The predicted molar refractivity (Wildman–Crippen MR) is 161 cm³/mol. The van der Waals surface area contributed by atoms with Gasteiger partial charge in [0.15, 0.2) is 0 Å². The van der Waals surface area contributed by atoms with Crippen molar-refractivity contribution in [1.29, 1.82) is 0 Å². The standard InChI is InChI=1S/C33H34O4S2/c1-33(2)12-5-8-28(33)31-22(19-39-32(31)27-15-24(36-3)16-29-25(27)11-13-38-29)18-37-23-7-4-6-21(14-23)26(17-30(34)35)20-9-10-20/h4,6-8,11,13-16,19-20,26H,5,9-10,12,17-18H2,1-3H3,(H,34,35)/t26-/m0/s1. The third-order valence-corrected chi connectivity index (χ3v) is 10.2. The molecule has 1 saturated carbocycles. The fourth-order valence-corrected chi connectivity index (χ4v) is 7.95. The van der Waals surface area contributed by atoms with Crippen molar-refractivity contribution in [2.45, 2.75) is 58.5 Å². The van der Waals surface area contributed by atoms with Gasteiger partial charge in [0.2, 0.25) is 0 Å². The SMILES string of the molecule is COc1cc(-c2scc(COc3cccc([C@@H](CC(=O)O)C4CC4)c3)c2C2=CCCC2(C)C)c2ccsc2c1. The van der Waals surface area contributed by atoms with E-state index in [4.69, 9.17) is 9.47 Å². The van der Waals surface area contributed by atoms with Crippen molar-refractivity contribution in [1.82, 2.24) is 0 Å². The summed E-state index contributed by atoms with van der Waals surface area (Å²) in [5.41, 5.74) is 6.25. The van der Waals surface area contributed by atoms with Crippen molar-refractivity contribution in [3.05, 3.63) is 76.0 Å². The molecular weight excluding hydrogens is 524 g/mol. The van der Waals surface area contributed by atoms with E-state index in [0.29, 0.717) is 12.5 Å². The van der Waals surface area contributed by atoms with E-state index in [1.54, 1.807) is 29.8 Å². The van der Waals surface area contributed by atoms with Crippen molar-refractivity contribution >= 4 is 44.3 Å². The van der Waals surface area contributed by atoms with Gasteiger partial charge in [0.05, 0.1) is 13.5 Å². The summed E-state index contributed by atoms with van der Waals surface area (Å²) in [6.07, 6.45) is 7.02. The van der Waals surface area contributed by atoms with Crippen LogP contribution in [0.3, 0.4) is 0 Å². The first-order valence-electron chi connectivity index (χ1n) is 13.7. The van der Waals surface area contributed by atoms with Crippen LogP contribution in [-0.2, 0) is 11.4 Å². The van der Waals surface area contributed by atoms with Gasteiger partial charge in [-0.1, -0.05) is 32.1 Å². The molecule has 1 atom stereocenters. The summed E-state index contributed by atoms with van der Waals surface area (Å²) in [6.45, 7) is 5.15. The molecule has 4 nitrogen and oxygen atoms in total. The molecule has 1 N–H and O–H groups in total. The lowest BCUT2D eigenvalue weighted by Gasteiger charge is -2.25. The maximum absolute atomic E-state index is 11.5. The highest BCUT2D eigenvalue weighted by Crippen LogP contribution is 2.51. The van der Waals surface area contributed by atoms with Crippen LogP contribution in [0.5, 0.6) is 11.5 Å². The van der Waals surface area contributed by atoms with Crippen LogP contribution >= 0.6 is 22.7 Å². The minimum atomic E-state index is -0.738. The minimum Gasteiger partial charge on any atom is -0.497 e. The zero-order chi connectivity index (χ0) is 27.1. The van der Waals surface area contributed by atoms with E-state index in [1.165, 1.54) is 37.2 Å². The summed E-state index contributed by atoms with van der Waals surface area (Å²) in [5.74, 6) is 1.46. The number of hydrogen-bond donors (Lipinski definition) is 1. The van der Waals surface area contributed by atoms with E-state index in [9.17, 15) is 9.90 Å². The first-order chi connectivity index (χ1) is 18.8. The maximum atomic E-state index is 11.5. The number of aliphatic carboxylic acids is 1. The van der Waals surface area contributed by atoms with Gasteiger partial charge in [-0.2, -0.15) is 0 Å². The molecular formula is C33H34O4S2. The monoisotopic (exact) mass is 558 g/mol. The number of carboxylic acid groups (broad SMARTS) is 1. The average molecular weight is 559 g/mol. The number of hydrogen-bond acceptors (Lipinski definition) is 5. The molecule has 2 aliphatic carbocycles. The van der Waals surface area contributed by atoms with E-state index in [1.807, 2.05) is 18.2 Å². The van der Waals surface area contributed by atoms with E-state index in [2.05, 4.69) is 54.9 Å². The van der Waals surface area contributed by atoms with E-state index >= 15 is 0 Å². The molecule has 0 bridgehead atoms. The topological polar surface area (TPSA) is 55.8 Å². The Morgan fingerprint density at radius 2 is 1.97 bits per heavy atom. The highest BCUT2D eigenvalue weighted by Gasteiger charge is 2.34. The molecule has 0 unspecified atom stereocenters. The Bertz CT molecular complexity index is 1550. The van der Waals surface area contributed by atoms with Crippen LogP contribution < -0.4 is 9.47 Å². The third-order valence-electron chi connectivity index (χ3n) is 8.28. The summed E-state index contributed by atoms with van der Waals surface area (Å²) < 4.78 is 13.3. The molecule has 0 amide bonds. The zero-order valence-electron chi connectivity index (χ0n) is 22.7. The van der Waals surface area contributed by atoms with Gasteiger partial charge in [-0.15, -0.1) is 22.7 Å². The Labute approximate surface area is 237 Å². The molecule has 0 radical (unpaired) electrons. The number of thiophene rings is 2. The Balaban J connectivity index is 1.36. The maximum Gasteiger partial charge on any atom is 0.303 e. The van der Waals surface area contributed by atoms with Crippen LogP contribution in [-0.4, -0.2) is 18.2 Å². The molecule has 0 aliphatic heterocycles. The zero-order valence-corrected chi connectivity index (χ0v) is 24.3. The number of ether oxygens (including phenoxy) is 2. The van der Waals surface area contributed by atoms with Crippen LogP contribution in [0, 0.1) is 11.3 Å². The summed E-state index contributed by atoms with van der Waals surface area (Å²) in [4.78, 5) is 12.8. The fourth-order valence-electron chi connectivity index (χ4n) is 6.01. The van der Waals surface area contributed by atoms with Gasteiger partial charge in [0, 0.05) is 31.7 Å². The van der Waals surface area contributed by atoms with Gasteiger partial charge < -0.3 is 14.6 Å². The number of allylic oxidation sites excluding steroid dienone is 2. The van der Waals surface area contributed by atoms with Crippen molar-refractivity contribution in [2.24, 2.45) is 11.3 Å². The molecule has 4 aromatic rings. The van der Waals surface area contributed by atoms with Gasteiger partial charge in [-0.3, -0.25) is 4.79 Å². The fraction of sp³-hybridized carbons (Fsp3) is 0.364. The van der Waals surface area contributed by atoms with Crippen LogP contribution in [0.2, 0.25) is 0 Å². The average Bonchev–Trinajstić information content (AvgIpc) is 3.33. The first kappa shape index (κ1) is 26.1. The van der Waals surface area contributed by atoms with Gasteiger partial charge in [0.25, 0.3) is 0 Å². The molecule has 0 saturated heterocycles. The number of rotatable bonds is 10. The highest BCUT2D eigenvalue weighted by molar-refractivity contribution is 7.17. The van der Waals surface area contributed by atoms with Gasteiger partial charge in [-0.25, -0.2) is 0 Å². The second kappa shape index (κ2) is 10.5. The van der Waals surface area contributed by atoms with E-state index in [-0.39, 0.29) is 17.8 Å². The van der Waals surface area contributed by atoms with Gasteiger partial charge in [-0.05, 0) is 95.2 Å². The first-order valence-corrected chi connectivity index (χ1v) is 15.4. The van der Waals surface area contributed by atoms with Crippen LogP contribution in [0.25, 0.3) is 26.1 Å². The lowest BCUT2D eigenvalue weighted by Crippen LogP contribution is -2.11. The lowest BCUT2D eigenvalue weighted by molar-refractivity contribution is -0.137. The minimum absolute atomic E-state index is 0.0554. The summed E-state index contributed by atoms with van der Waals surface area (Å²) in [6, 6.07) is 14.6. The second-order valence-corrected chi connectivity index (χ2v) is 13.2. The molecule has 0 spiro atoms. The molecule has 2 aromatic carbocycles. The Hall–Kier alpha value is -3.09.